The van der Waals surface area contributed by atoms with Crippen molar-refractivity contribution < 1.29 is 17.6 Å². The van der Waals surface area contributed by atoms with E-state index in [9.17, 15) is 17.6 Å². The minimum Gasteiger partial charge on any atom is -0.329 e. The standard InChI is InChI=1S/C22H13ClF4N6/c1-32(14-4-2-3-12(7-14)13-5-6-19(28-10-13)22(25,26)27)20-15-8-17(24)16(23)9-18(15)33-11-29-31-21(33)30-20/h2-11H,1H3. The zero-order valence-corrected chi connectivity index (χ0v) is 17.6. The average Bonchev–Trinajstić information content (AvgIpc) is 3.27. The van der Waals surface area contributed by atoms with E-state index < -0.39 is 17.7 Å². The molecule has 33 heavy (non-hydrogen) atoms. The van der Waals surface area contributed by atoms with Crippen LogP contribution in [0.2, 0.25) is 5.02 Å². The highest BCUT2D eigenvalue weighted by Gasteiger charge is 2.32. The second-order valence-corrected chi connectivity index (χ2v) is 7.67. The van der Waals surface area contributed by atoms with Crippen molar-refractivity contribution in [3.05, 3.63) is 77.6 Å². The van der Waals surface area contributed by atoms with Crippen molar-refractivity contribution >= 4 is 39.8 Å². The van der Waals surface area contributed by atoms with E-state index in [-0.39, 0.29) is 5.02 Å². The van der Waals surface area contributed by atoms with Gasteiger partial charge >= 0.3 is 6.18 Å². The van der Waals surface area contributed by atoms with Crippen molar-refractivity contribution in [2.45, 2.75) is 6.18 Å². The van der Waals surface area contributed by atoms with Crippen molar-refractivity contribution in [2.24, 2.45) is 0 Å². The molecule has 166 valence electrons. The fourth-order valence-corrected chi connectivity index (χ4v) is 3.71. The van der Waals surface area contributed by atoms with Crippen LogP contribution < -0.4 is 4.90 Å². The van der Waals surface area contributed by atoms with Gasteiger partial charge in [0, 0.05) is 29.9 Å². The normalized spacial score (nSPS) is 11.9. The largest absolute Gasteiger partial charge is 0.433 e. The average molecular weight is 473 g/mol. The molecule has 6 nitrogen and oxygen atoms in total. The van der Waals surface area contributed by atoms with Gasteiger partial charge in [-0.1, -0.05) is 29.8 Å². The summed E-state index contributed by atoms with van der Waals surface area (Å²) in [5.41, 5.74) is 1.45. The molecule has 0 spiro atoms. The van der Waals surface area contributed by atoms with Crippen LogP contribution in [0.15, 0.2) is 61.1 Å². The summed E-state index contributed by atoms with van der Waals surface area (Å²) in [5, 5.41) is 8.28. The number of pyridine rings is 1. The van der Waals surface area contributed by atoms with Crippen LogP contribution in [0.4, 0.5) is 29.1 Å². The van der Waals surface area contributed by atoms with E-state index in [1.807, 2.05) is 0 Å². The fraction of sp³-hybridized carbons (Fsp3) is 0.0909. The second-order valence-electron chi connectivity index (χ2n) is 7.26. The van der Waals surface area contributed by atoms with E-state index >= 15 is 0 Å². The second kappa shape index (κ2) is 7.66. The number of benzene rings is 2. The van der Waals surface area contributed by atoms with Crippen LogP contribution in [0.1, 0.15) is 5.69 Å². The molecule has 0 bridgehead atoms. The third-order valence-electron chi connectivity index (χ3n) is 5.21. The molecule has 0 aliphatic rings. The first-order valence-electron chi connectivity index (χ1n) is 9.58. The smallest absolute Gasteiger partial charge is 0.329 e. The zero-order valence-electron chi connectivity index (χ0n) is 16.8. The van der Waals surface area contributed by atoms with Crippen LogP contribution in [0, 0.1) is 5.82 Å². The van der Waals surface area contributed by atoms with E-state index in [0.29, 0.717) is 39.3 Å². The Morgan fingerprint density at radius 2 is 1.85 bits per heavy atom. The maximum atomic E-state index is 14.3. The summed E-state index contributed by atoms with van der Waals surface area (Å²) in [5.74, 6) is 0.108. The highest BCUT2D eigenvalue weighted by Crippen LogP contribution is 2.35. The van der Waals surface area contributed by atoms with Gasteiger partial charge in [0.25, 0.3) is 5.78 Å². The van der Waals surface area contributed by atoms with Crippen LogP contribution in [0.3, 0.4) is 0 Å². The Hall–Kier alpha value is -3.79. The Balaban J connectivity index is 1.60. The van der Waals surface area contributed by atoms with Crippen molar-refractivity contribution in [2.75, 3.05) is 11.9 Å². The summed E-state index contributed by atoms with van der Waals surface area (Å²) in [6.07, 6.45) is -1.87. The molecule has 0 amide bonds. The molecule has 0 saturated carbocycles. The topological polar surface area (TPSA) is 59.2 Å². The van der Waals surface area contributed by atoms with Gasteiger partial charge in [-0.2, -0.15) is 18.2 Å². The summed E-state index contributed by atoms with van der Waals surface area (Å²) in [7, 11) is 1.74. The Labute approximate surface area is 189 Å². The molecular weight excluding hydrogens is 460 g/mol. The number of rotatable bonds is 3. The van der Waals surface area contributed by atoms with Crippen LogP contribution in [-0.4, -0.2) is 31.6 Å². The molecule has 0 fully saturated rings. The van der Waals surface area contributed by atoms with Gasteiger partial charge in [0.05, 0.1) is 10.5 Å². The van der Waals surface area contributed by atoms with Gasteiger partial charge in [0.15, 0.2) is 0 Å². The molecule has 3 heterocycles. The number of nitrogens with zero attached hydrogens (tertiary/aromatic N) is 6. The lowest BCUT2D eigenvalue weighted by Crippen LogP contribution is -2.13. The third kappa shape index (κ3) is 3.72. The summed E-state index contributed by atoms with van der Waals surface area (Å²) in [6, 6.07) is 12.2. The molecule has 5 rings (SSSR count). The lowest BCUT2D eigenvalue weighted by atomic mass is 10.1. The summed E-state index contributed by atoms with van der Waals surface area (Å²) in [4.78, 5) is 9.77. The van der Waals surface area contributed by atoms with Crippen LogP contribution >= 0.6 is 11.6 Å². The monoisotopic (exact) mass is 472 g/mol. The highest BCUT2D eigenvalue weighted by atomic mass is 35.5. The zero-order chi connectivity index (χ0) is 23.3. The van der Waals surface area contributed by atoms with E-state index in [1.54, 1.807) is 40.6 Å². The molecule has 2 aromatic carbocycles. The van der Waals surface area contributed by atoms with E-state index in [4.69, 9.17) is 11.6 Å². The minimum absolute atomic E-state index is 0.0471. The Bertz CT molecular complexity index is 1500. The maximum absolute atomic E-state index is 14.3. The van der Waals surface area contributed by atoms with Gasteiger partial charge in [-0.25, -0.2) is 4.39 Å². The minimum atomic E-state index is -4.51. The molecule has 0 N–H and O–H groups in total. The molecule has 0 atom stereocenters. The lowest BCUT2D eigenvalue weighted by Gasteiger charge is -2.21. The predicted octanol–water partition coefficient (Wildman–Crippen LogP) is 5.92. The quantitative estimate of drug-likeness (QED) is 0.305. The molecule has 0 saturated heterocycles. The molecule has 11 heteroatoms. The molecular formula is C22H13ClF4N6. The van der Waals surface area contributed by atoms with Gasteiger partial charge in [0.2, 0.25) is 0 Å². The van der Waals surface area contributed by atoms with E-state index in [1.165, 1.54) is 30.7 Å². The van der Waals surface area contributed by atoms with Crippen molar-refractivity contribution in [3.63, 3.8) is 0 Å². The highest BCUT2D eigenvalue weighted by molar-refractivity contribution is 6.31. The first-order valence-corrected chi connectivity index (χ1v) is 9.96. The number of hydrogen-bond donors (Lipinski definition) is 0. The Morgan fingerprint density at radius 1 is 1.03 bits per heavy atom. The van der Waals surface area contributed by atoms with Gasteiger partial charge in [0.1, 0.15) is 23.7 Å². The van der Waals surface area contributed by atoms with Crippen molar-refractivity contribution in [1.29, 1.82) is 0 Å². The first-order chi connectivity index (χ1) is 15.7. The lowest BCUT2D eigenvalue weighted by molar-refractivity contribution is -0.141. The summed E-state index contributed by atoms with van der Waals surface area (Å²) >= 11 is 5.99. The molecule has 0 aliphatic heterocycles. The fourth-order valence-electron chi connectivity index (χ4n) is 3.55. The molecule has 0 aliphatic carbocycles. The predicted molar refractivity (Wildman–Crippen MR) is 116 cm³/mol. The number of halogens is 5. The SMILES string of the molecule is CN(c1cccc(-c2ccc(C(F)(F)F)nc2)c1)c1nc2nncn2c2cc(Cl)c(F)cc12. The van der Waals surface area contributed by atoms with Gasteiger partial charge in [-0.15, -0.1) is 10.2 Å². The molecule has 3 aromatic heterocycles. The first kappa shape index (κ1) is 21.1. The Morgan fingerprint density at radius 3 is 2.58 bits per heavy atom. The van der Waals surface area contributed by atoms with Gasteiger partial charge in [-0.05, 0) is 35.9 Å². The third-order valence-corrected chi connectivity index (χ3v) is 5.50. The molecule has 0 radical (unpaired) electrons. The van der Waals surface area contributed by atoms with Gasteiger partial charge < -0.3 is 4.90 Å². The number of aromatic nitrogens is 5. The van der Waals surface area contributed by atoms with E-state index in [0.717, 1.165) is 6.07 Å². The summed E-state index contributed by atoms with van der Waals surface area (Å²) < 4.78 is 54.4. The van der Waals surface area contributed by atoms with Gasteiger partial charge in [-0.3, -0.25) is 9.38 Å². The number of alkyl halides is 3. The van der Waals surface area contributed by atoms with E-state index in [2.05, 4.69) is 20.2 Å². The number of hydrogen-bond acceptors (Lipinski definition) is 5. The molecule has 0 unspecified atom stereocenters. The maximum Gasteiger partial charge on any atom is 0.433 e. The number of anilines is 2. The van der Waals surface area contributed by atoms with Crippen LogP contribution in [0.25, 0.3) is 27.8 Å². The number of fused-ring (bicyclic) bond motifs is 3. The summed E-state index contributed by atoms with van der Waals surface area (Å²) in [6.45, 7) is 0. The Kier molecular flexibility index (Phi) is 4.89. The molecule has 5 aromatic rings. The van der Waals surface area contributed by atoms with Crippen LogP contribution in [-0.2, 0) is 6.18 Å². The van der Waals surface area contributed by atoms with Crippen molar-refractivity contribution in [1.82, 2.24) is 24.6 Å². The van der Waals surface area contributed by atoms with Crippen molar-refractivity contribution in [3.8, 4) is 11.1 Å². The van der Waals surface area contributed by atoms with Crippen LogP contribution in [0.5, 0.6) is 0 Å².